The summed E-state index contributed by atoms with van der Waals surface area (Å²) in [5, 5.41) is 13.5. The average Bonchev–Trinajstić information content (AvgIpc) is 2.67. The molecule has 0 saturated carbocycles. The number of rotatable bonds is 8. The van der Waals surface area contributed by atoms with Crippen LogP contribution >= 0.6 is 0 Å². The largest absolute Gasteiger partial charge is 0.322 e. The van der Waals surface area contributed by atoms with Crippen LogP contribution in [-0.4, -0.2) is 31.2 Å². The molecule has 0 unspecified atom stereocenters. The molecule has 0 saturated heterocycles. The highest BCUT2D eigenvalue weighted by Gasteiger charge is 2.24. The average molecular weight is 434 g/mol. The Labute approximate surface area is 173 Å². The summed E-state index contributed by atoms with van der Waals surface area (Å²) in [6.07, 6.45) is 0.313. The van der Waals surface area contributed by atoms with Crippen LogP contribution < -0.4 is 15.8 Å². The molecular weight excluding hydrogens is 412 g/mol. The van der Waals surface area contributed by atoms with Gasteiger partial charge in [-0.15, -0.1) is 0 Å². The molecule has 0 heterocycles. The van der Waals surface area contributed by atoms with Crippen molar-refractivity contribution in [3.05, 3.63) is 64.2 Å². The van der Waals surface area contributed by atoms with Crippen LogP contribution in [0.25, 0.3) is 0 Å². The molecule has 0 bridgehead atoms. The first-order valence-electron chi connectivity index (χ1n) is 8.98. The maximum atomic E-state index is 12.5. The number of hydrogen-bond acceptors (Lipinski definition) is 7. The van der Waals surface area contributed by atoms with E-state index in [1.807, 2.05) is 18.6 Å². The van der Waals surface area contributed by atoms with E-state index >= 15 is 0 Å². The van der Waals surface area contributed by atoms with Crippen molar-refractivity contribution >= 4 is 33.2 Å². The van der Waals surface area contributed by atoms with Crippen LogP contribution in [0.1, 0.15) is 30.6 Å². The predicted molar refractivity (Wildman–Crippen MR) is 110 cm³/mol. The summed E-state index contributed by atoms with van der Waals surface area (Å²) in [6.45, 7) is 3.70. The molecule has 0 aliphatic rings. The number of hydrogen-bond donors (Lipinski definition) is 3. The normalized spacial score (nSPS) is 12.3. The van der Waals surface area contributed by atoms with Crippen molar-refractivity contribution in [2.24, 2.45) is 11.7 Å². The minimum absolute atomic E-state index is 0.0833. The van der Waals surface area contributed by atoms with Gasteiger partial charge in [0.2, 0.25) is 0 Å². The van der Waals surface area contributed by atoms with Crippen LogP contribution in [0.2, 0.25) is 0 Å². The van der Waals surface area contributed by atoms with Crippen molar-refractivity contribution in [3.8, 4) is 0 Å². The predicted octanol–water partition coefficient (Wildman–Crippen LogP) is 2.03. The Hall–Kier alpha value is -3.31. The number of amides is 2. The Morgan fingerprint density at radius 3 is 2.43 bits per heavy atom. The highest BCUT2D eigenvalue weighted by molar-refractivity contribution is 7.90. The van der Waals surface area contributed by atoms with E-state index < -0.39 is 32.8 Å². The van der Waals surface area contributed by atoms with Crippen LogP contribution in [0, 0.1) is 16.0 Å². The van der Waals surface area contributed by atoms with Gasteiger partial charge in [0.25, 0.3) is 27.5 Å². The van der Waals surface area contributed by atoms with Gasteiger partial charge in [-0.2, -0.15) is 0 Å². The summed E-state index contributed by atoms with van der Waals surface area (Å²) in [5.74, 6) is -1.51. The lowest BCUT2D eigenvalue weighted by molar-refractivity contribution is -0.385. The Kier molecular flexibility index (Phi) is 7.24. The van der Waals surface area contributed by atoms with E-state index in [2.05, 4.69) is 5.32 Å². The monoisotopic (exact) mass is 434 g/mol. The maximum Gasteiger partial charge on any atom is 0.282 e. The van der Waals surface area contributed by atoms with E-state index in [1.165, 1.54) is 42.5 Å². The summed E-state index contributed by atoms with van der Waals surface area (Å²) in [5.41, 5.74) is 5.24. The lowest BCUT2D eigenvalue weighted by atomic mass is 10.0. The lowest BCUT2D eigenvalue weighted by Crippen LogP contribution is -2.43. The van der Waals surface area contributed by atoms with Crippen molar-refractivity contribution in [1.29, 1.82) is 0 Å². The number of sulfonamides is 1. The van der Waals surface area contributed by atoms with Crippen LogP contribution in [0.15, 0.2) is 53.4 Å². The molecule has 1 atom stereocenters. The minimum Gasteiger partial charge on any atom is -0.322 e. The van der Waals surface area contributed by atoms with Gasteiger partial charge in [-0.1, -0.05) is 32.0 Å². The number of nitrogens with one attached hydrogen (secondary N) is 2. The van der Waals surface area contributed by atoms with Gasteiger partial charge in [0.05, 0.1) is 15.9 Å². The zero-order valence-electron chi connectivity index (χ0n) is 16.4. The third kappa shape index (κ3) is 5.84. The third-order valence-corrected chi connectivity index (χ3v) is 5.39. The van der Waals surface area contributed by atoms with Gasteiger partial charge >= 0.3 is 0 Å². The molecule has 0 fully saturated rings. The highest BCUT2D eigenvalue weighted by Crippen LogP contribution is 2.21. The molecule has 160 valence electrons. The molecule has 0 radical (unpaired) electrons. The molecule has 11 heteroatoms. The number of nitro benzene ring substituents is 1. The molecule has 0 spiro atoms. The third-order valence-electron chi connectivity index (χ3n) is 4.04. The first-order valence-corrected chi connectivity index (χ1v) is 10.5. The number of carbonyl (C=O) groups excluding carboxylic acids is 2. The van der Waals surface area contributed by atoms with E-state index in [-0.39, 0.29) is 27.8 Å². The topological polar surface area (TPSA) is 162 Å². The Balaban J connectivity index is 2.21. The van der Waals surface area contributed by atoms with E-state index in [0.717, 1.165) is 6.07 Å². The van der Waals surface area contributed by atoms with Crippen molar-refractivity contribution in [3.63, 3.8) is 0 Å². The van der Waals surface area contributed by atoms with Crippen LogP contribution in [0.5, 0.6) is 0 Å². The smallest absolute Gasteiger partial charge is 0.282 e. The summed E-state index contributed by atoms with van der Waals surface area (Å²) < 4.78 is 26.9. The van der Waals surface area contributed by atoms with Gasteiger partial charge in [-0.05, 0) is 36.6 Å². The van der Waals surface area contributed by atoms with E-state index in [9.17, 15) is 28.1 Å². The first-order chi connectivity index (χ1) is 14.0. The van der Waals surface area contributed by atoms with Crippen molar-refractivity contribution in [1.82, 2.24) is 4.72 Å². The standard InChI is InChI=1S/C19H22N4O6S/c1-12(2)10-16(20)19(25)22-30(28,29)14-7-5-6-13(11-14)21-18(24)15-8-3-4-9-17(15)23(26)27/h3-9,11-12,16H,10,20H2,1-2H3,(H,21,24)(H,22,25)/t16-/m0/s1. The second kappa shape index (κ2) is 9.46. The van der Waals surface area contributed by atoms with Gasteiger partial charge in [-0.3, -0.25) is 19.7 Å². The molecule has 0 aromatic heterocycles. The number of benzene rings is 2. The summed E-state index contributed by atoms with van der Waals surface area (Å²) in [6, 6.07) is 9.53. The number of nitrogens with zero attached hydrogens (tertiary/aromatic N) is 1. The molecule has 0 aliphatic heterocycles. The first kappa shape index (κ1) is 23.0. The molecule has 2 aromatic carbocycles. The molecule has 2 rings (SSSR count). The molecule has 30 heavy (non-hydrogen) atoms. The van der Waals surface area contributed by atoms with Gasteiger partial charge in [0.1, 0.15) is 5.56 Å². The number of nitrogens with two attached hydrogens (primary N) is 1. The number of para-hydroxylation sites is 1. The zero-order valence-corrected chi connectivity index (χ0v) is 17.2. The van der Waals surface area contributed by atoms with Gasteiger partial charge in [-0.25, -0.2) is 13.1 Å². The van der Waals surface area contributed by atoms with Gasteiger partial charge < -0.3 is 11.1 Å². The second-order valence-electron chi connectivity index (χ2n) is 6.96. The van der Waals surface area contributed by atoms with Crippen molar-refractivity contribution in [2.75, 3.05) is 5.32 Å². The van der Waals surface area contributed by atoms with Gasteiger partial charge in [0, 0.05) is 11.8 Å². The maximum absolute atomic E-state index is 12.5. The molecule has 2 amide bonds. The van der Waals surface area contributed by atoms with E-state index in [0.29, 0.717) is 6.42 Å². The molecule has 4 N–H and O–H groups in total. The minimum atomic E-state index is -4.22. The van der Waals surface area contributed by atoms with E-state index in [4.69, 9.17) is 5.73 Å². The lowest BCUT2D eigenvalue weighted by Gasteiger charge is -2.15. The summed E-state index contributed by atoms with van der Waals surface area (Å²) >= 11 is 0. The summed E-state index contributed by atoms with van der Waals surface area (Å²) in [7, 11) is -4.22. The Morgan fingerprint density at radius 1 is 1.13 bits per heavy atom. The quantitative estimate of drug-likeness (QED) is 0.423. The fourth-order valence-corrected chi connectivity index (χ4v) is 3.72. The second-order valence-corrected chi connectivity index (χ2v) is 8.64. The van der Waals surface area contributed by atoms with E-state index in [1.54, 1.807) is 0 Å². The highest BCUT2D eigenvalue weighted by atomic mass is 32.2. The van der Waals surface area contributed by atoms with Crippen LogP contribution in [-0.2, 0) is 14.8 Å². The Bertz CT molecular complexity index is 1070. The fourth-order valence-electron chi connectivity index (χ4n) is 2.65. The van der Waals surface area contributed by atoms with Crippen LogP contribution in [0.4, 0.5) is 11.4 Å². The van der Waals surface area contributed by atoms with Gasteiger partial charge in [0.15, 0.2) is 0 Å². The number of anilines is 1. The number of carbonyl (C=O) groups is 2. The molecular formula is C19H22N4O6S. The van der Waals surface area contributed by atoms with Crippen LogP contribution in [0.3, 0.4) is 0 Å². The molecule has 10 nitrogen and oxygen atoms in total. The number of nitro groups is 1. The fraction of sp³-hybridized carbons (Fsp3) is 0.263. The SMILES string of the molecule is CC(C)C[C@H](N)C(=O)NS(=O)(=O)c1cccc(NC(=O)c2ccccc2[N+](=O)[O-])c1. The van der Waals surface area contributed by atoms with Crippen molar-refractivity contribution < 1.29 is 22.9 Å². The molecule has 0 aliphatic carbocycles. The Morgan fingerprint density at radius 2 is 1.80 bits per heavy atom. The zero-order chi connectivity index (χ0) is 22.5. The molecule has 2 aromatic rings. The van der Waals surface area contributed by atoms with Crippen molar-refractivity contribution in [2.45, 2.75) is 31.2 Å². The summed E-state index contributed by atoms with van der Waals surface area (Å²) in [4.78, 5) is 34.6.